The maximum absolute atomic E-state index is 8.72. The first-order valence-corrected chi connectivity index (χ1v) is 8.88. The van der Waals surface area contributed by atoms with Gasteiger partial charge in [-0.15, -0.1) is 11.3 Å². The SMILES string of the molecule is CC(=NOCCO)c1ncc(-c2cccc(Nc3cc(C)ccn3)n2)s1. The molecule has 0 aliphatic heterocycles. The Morgan fingerprint density at radius 1 is 1.27 bits per heavy atom. The fourth-order valence-electron chi connectivity index (χ4n) is 2.16. The Hall–Kier alpha value is -2.84. The molecule has 8 heteroatoms. The van der Waals surface area contributed by atoms with Crippen molar-refractivity contribution in [3.05, 3.63) is 53.3 Å². The number of thiazole rings is 1. The Kier molecular flexibility index (Phi) is 5.88. The molecule has 7 nitrogen and oxygen atoms in total. The maximum Gasteiger partial charge on any atom is 0.141 e. The molecule has 0 radical (unpaired) electrons. The van der Waals surface area contributed by atoms with E-state index in [4.69, 9.17) is 9.94 Å². The molecule has 134 valence electrons. The molecule has 0 unspecified atom stereocenters. The normalized spacial score (nSPS) is 11.4. The van der Waals surface area contributed by atoms with Gasteiger partial charge in [-0.2, -0.15) is 0 Å². The molecule has 2 N–H and O–H groups in total. The Labute approximate surface area is 155 Å². The summed E-state index contributed by atoms with van der Waals surface area (Å²) in [6.45, 7) is 3.93. The van der Waals surface area contributed by atoms with Gasteiger partial charge in [-0.3, -0.25) is 0 Å². The average Bonchev–Trinajstić information content (AvgIpc) is 3.12. The molecule has 0 aliphatic rings. The summed E-state index contributed by atoms with van der Waals surface area (Å²) in [6.07, 6.45) is 3.53. The Morgan fingerprint density at radius 3 is 2.96 bits per heavy atom. The number of nitrogens with one attached hydrogen (secondary N) is 1. The minimum Gasteiger partial charge on any atom is -0.393 e. The van der Waals surface area contributed by atoms with Gasteiger partial charge < -0.3 is 15.3 Å². The maximum atomic E-state index is 8.72. The lowest BCUT2D eigenvalue weighted by Gasteiger charge is -2.06. The smallest absolute Gasteiger partial charge is 0.141 e. The van der Waals surface area contributed by atoms with E-state index in [2.05, 4.69) is 25.4 Å². The molecule has 26 heavy (non-hydrogen) atoms. The van der Waals surface area contributed by atoms with E-state index in [1.165, 1.54) is 11.3 Å². The van der Waals surface area contributed by atoms with Crippen molar-refractivity contribution < 1.29 is 9.94 Å². The van der Waals surface area contributed by atoms with Gasteiger partial charge in [0.1, 0.15) is 29.0 Å². The van der Waals surface area contributed by atoms with Gasteiger partial charge in [-0.1, -0.05) is 11.2 Å². The van der Waals surface area contributed by atoms with Crippen LogP contribution in [0.15, 0.2) is 47.9 Å². The summed E-state index contributed by atoms with van der Waals surface area (Å²) in [7, 11) is 0. The van der Waals surface area contributed by atoms with Crippen LogP contribution in [0.2, 0.25) is 0 Å². The van der Waals surface area contributed by atoms with Crippen molar-refractivity contribution in [2.24, 2.45) is 5.16 Å². The summed E-state index contributed by atoms with van der Waals surface area (Å²) < 4.78 is 0. The van der Waals surface area contributed by atoms with Crippen LogP contribution in [0, 0.1) is 6.92 Å². The summed E-state index contributed by atoms with van der Waals surface area (Å²) in [4.78, 5) is 19.2. The number of anilines is 2. The molecule has 3 aromatic rings. The quantitative estimate of drug-likeness (QED) is 0.377. The molecule has 3 aromatic heterocycles. The lowest BCUT2D eigenvalue weighted by molar-refractivity contribution is 0.0986. The van der Waals surface area contributed by atoms with Crippen LogP contribution in [-0.2, 0) is 4.84 Å². The fourth-order valence-corrected chi connectivity index (χ4v) is 2.98. The van der Waals surface area contributed by atoms with Crippen LogP contribution in [0.4, 0.5) is 11.6 Å². The molecule has 3 rings (SSSR count). The van der Waals surface area contributed by atoms with E-state index in [9.17, 15) is 0 Å². The number of pyridine rings is 2. The highest BCUT2D eigenvalue weighted by molar-refractivity contribution is 7.17. The molecule has 0 amide bonds. The van der Waals surface area contributed by atoms with Gasteiger partial charge >= 0.3 is 0 Å². The van der Waals surface area contributed by atoms with Crippen LogP contribution in [0.3, 0.4) is 0 Å². The van der Waals surface area contributed by atoms with E-state index in [1.54, 1.807) is 12.4 Å². The number of aliphatic hydroxyl groups excluding tert-OH is 1. The number of aliphatic hydroxyl groups is 1. The van der Waals surface area contributed by atoms with E-state index < -0.39 is 0 Å². The van der Waals surface area contributed by atoms with E-state index >= 15 is 0 Å². The van der Waals surface area contributed by atoms with Gasteiger partial charge in [0.25, 0.3) is 0 Å². The first kappa shape index (κ1) is 18.0. The largest absolute Gasteiger partial charge is 0.393 e. The minimum atomic E-state index is -0.0700. The molecule has 3 heterocycles. The zero-order valence-electron chi connectivity index (χ0n) is 14.5. The van der Waals surface area contributed by atoms with Crippen LogP contribution in [0.5, 0.6) is 0 Å². The number of aromatic nitrogens is 3. The van der Waals surface area contributed by atoms with Gasteiger partial charge in [-0.25, -0.2) is 15.0 Å². The Balaban J connectivity index is 1.77. The second kappa shape index (κ2) is 8.50. The predicted octanol–water partition coefficient (Wildman–Crippen LogP) is 3.39. The molecule has 0 fully saturated rings. The zero-order valence-corrected chi connectivity index (χ0v) is 15.3. The Bertz CT molecular complexity index is 910. The predicted molar refractivity (Wildman–Crippen MR) is 103 cm³/mol. The lowest BCUT2D eigenvalue weighted by atomic mass is 10.3. The monoisotopic (exact) mass is 369 g/mol. The van der Waals surface area contributed by atoms with Crippen molar-refractivity contribution in [3.63, 3.8) is 0 Å². The molecule has 0 atom stereocenters. The Morgan fingerprint density at radius 2 is 2.15 bits per heavy atom. The van der Waals surface area contributed by atoms with E-state index in [-0.39, 0.29) is 13.2 Å². The number of rotatable bonds is 7. The lowest BCUT2D eigenvalue weighted by Crippen LogP contribution is -1.98. The molecule has 0 spiro atoms. The summed E-state index contributed by atoms with van der Waals surface area (Å²) in [5, 5.41) is 16.6. The first-order chi connectivity index (χ1) is 12.7. The average molecular weight is 369 g/mol. The van der Waals surface area contributed by atoms with Crippen molar-refractivity contribution in [3.8, 4) is 10.6 Å². The number of hydrogen-bond acceptors (Lipinski definition) is 8. The minimum absolute atomic E-state index is 0.0700. The summed E-state index contributed by atoms with van der Waals surface area (Å²) in [5.41, 5.74) is 2.60. The second-order valence-electron chi connectivity index (χ2n) is 5.51. The van der Waals surface area contributed by atoms with Crippen molar-refractivity contribution >= 4 is 28.7 Å². The fraction of sp³-hybridized carbons (Fsp3) is 0.222. The number of aryl methyl sites for hydroxylation is 1. The van der Waals surface area contributed by atoms with Crippen molar-refractivity contribution in [1.82, 2.24) is 15.0 Å². The highest BCUT2D eigenvalue weighted by Crippen LogP contribution is 2.26. The van der Waals surface area contributed by atoms with Gasteiger partial charge in [-0.05, 0) is 43.7 Å². The van der Waals surface area contributed by atoms with Crippen LogP contribution in [-0.4, -0.2) is 39.0 Å². The highest BCUT2D eigenvalue weighted by atomic mass is 32.1. The van der Waals surface area contributed by atoms with Gasteiger partial charge in [0, 0.05) is 12.4 Å². The van der Waals surface area contributed by atoms with E-state index in [0.29, 0.717) is 11.5 Å². The second-order valence-corrected chi connectivity index (χ2v) is 6.55. The highest BCUT2D eigenvalue weighted by Gasteiger charge is 2.09. The van der Waals surface area contributed by atoms with E-state index in [0.717, 1.165) is 27.0 Å². The van der Waals surface area contributed by atoms with Crippen LogP contribution < -0.4 is 5.32 Å². The summed E-state index contributed by atoms with van der Waals surface area (Å²) >= 11 is 1.48. The van der Waals surface area contributed by atoms with Gasteiger partial charge in [0.05, 0.1) is 17.2 Å². The third-order valence-electron chi connectivity index (χ3n) is 3.37. The molecule has 0 aliphatic carbocycles. The van der Waals surface area contributed by atoms with Crippen molar-refractivity contribution in [2.45, 2.75) is 13.8 Å². The van der Waals surface area contributed by atoms with Gasteiger partial charge in [0.2, 0.25) is 0 Å². The third kappa shape index (κ3) is 4.62. The number of hydrogen-bond donors (Lipinski definition) is 2. The van der Waals surface area contributed by atoms with Crippen LogP contribution in [0.1, 0.15) is 17.5 Å². The topological polar surface area (TPSA) is 92.5 Å². The molecule has 0 bridgehead atoms. The summed E-state index contributed by atoms with van der Waals surface area (Å²) in [6, 6.07) is 9.67. The number of nitrogens with zero attached hydrogens (tertiary/aromatic N) is 4. The first-order valence-electron chi connectivity index (χ1n) is 8.06. The van der Waals surface area contributed by atoms with Crippen molar-refractivity contribution in [1.29, 1.82) is 0 Å². The molecule has 0 aromatic carbocycles. The number of oxime groups is 1. The standard InChI is InChI=1S/C18H19N5O2S/c1-12-6-7-19-17(10-12)22-16-5-3-4-14(21-16)15-11-20-18(26-15)13(2)23-25-9-8-24/h3-7,10-11,24H,8-9H2,1-2H3,(H,19,21,22). The molecule has 0 saturated carbocycles. The zero-order chi connectivity index (χ0) is 18.4. The van der Waals surface area contributed by atoms with E-state index in [1.807, 2.05) is 44.2 Å². The molecular weight excluding hydrogens is 350 g/mol. The van der Waals surface area contributed by atoms with Crippen molar-refractivity contribution in [2.75, 3.05) is 18.5 Å². The molecular formula is C18H19N5O2S. The van der Waals surface area contributed by atoms with Crippen LogP contribution in [0.25, 0.3) is 10.6 Å². The van der Waals surface area contributed by atoms with Crippen LogP contribution >= 0.6 is 11.3 Å². The summed E-state index contributed by atoms with van der Waals surface area (Å²) in [5.74, 6) is 1.47. The van der Waals surface area contributed by atoms with Gasteiger partial charge in [0.15, 0.2) is 0 Å². The third-order valence-corrected chi connectivity index (χ3v) is 4.50. The molecule has 0 saturated heterocycles.